The Kier molecular flexibility index (Phi) is 3.74. The lowest BCUT2D eigenvalue weighted by atomic mass is 10.1. The van der Waals surface area contributed by atoms with Gasteiger partial charge in [-0.3, -0.25) is 9.20 Å². The number of anilines is 1. The Morgan fingerprint density at radius 3 is 2.69 bits per heavy atom. The highest BCUT2D eigenvalue weighted by atomic mass is 16.3. The number of hydrogen-bond acceptors (Lipinski definition) is 5. The third-order valence-electron chi connectivity index (χ3n) is 3.92. The van der Waals surface area contributed by atoms with Gasteiger partial charge in [0.05, 0.1) is 11.4 Å². The summed E-state index contributed by atoms with van der Waals surface area (Å²) >= 11 is 0. The van der Waals surface area contributed by atoms with Gasteiger partial charge in [0.25, 0.3) is 5.91 Å². The van der Waals surface area contributed by atoms with E-state index in [1.54, 1.807) is 22.7 Å². The number of carbonyl (C=O) groups is 1. The van der Waals surface area contributed by atoms with Crippen LogP contribution < -0.4 is 5.32 Å². The topological polar surface area (TPSA) is 99.8 Å². The van der Waals surface area contributed by atoms with E-state index in [2.05, 4.69) is 15.3 Å². The van der Waals surface area contributed by atoms with E-state index < -0.39 is 5.91 Å². The molecule has 2 heterocycles. The average Bonchev–Trinajstić information content (AvgIpc) is 3.08. The monoisotopic (exact) mass is 346 g/mol. The molecule has 2 aromatic carbocycles. The van der Waals surface area contributed by atoms with Gasteiger partial charge in [0, 0.05) is 29.7 Å². The first-order valence-electron chi connectivity index (χ1n) is 7.84. The largest absolute Gasteiger partial charge is 0.504 e. The fourth-order valence-electron chi connectivity index (χ4n) is 2.63. The minimum atomic E-state index is -0.408. The Labute approximate surface area is 148 Å². The quantitative estimate of drug-likeness (QED) is 0.495. The zero-order valence-electron chi connectivity index (χ0n) is 13.5. The van der Waals surface area contributed by atoms with Crippen molar-refractivity contribution in [3.05, 3.63) is 72.7 Å². The maximum Gasteiger partial charge on any atom is 0.255 e. The molecule has 0 atom stereocenters. The molecule has 0 unspecified atom stereocenters. The van der Waals surface area contributed by atoms with E-state index in [0.29, 0.717) is 17.2 Å². The highest BCUT2D eigenvalue weighted by molar-refractivity contribution is 6.06. The minimum absolute atomic E-state index is 0.228. The van der Waals surface area contributed by atoms with Crippen LogP contribution in [0.15, 0.2) is 67.1 Å². The minimum Gasteiger partial charge on any atom is -0.504 e. The zero-order valence-corrected chi connectivity index (χ0v) is 13.5. The van der Waals surface area contributed by atoms with Crippen LogP contribution in [0.2, 0.25) is 0 Å². The van der Waals surface area contributed by atoms with Gasteiger partial charge in [-0.25, -0.2) is 9.97 Å². The van der Waals surface area contributed by atoms with E-state index in [0.717, 1.165) is 5.56 Å². The molecule has 4 aromatic rings. The second-order valence-corrected chi connectivity index (χ2v) is 5.66. The number of hydrogen-bond donors (Lipinski definition) is 3. The molecule has 0 saturated carbocycles. The van der Waals surface area contributed by atoms with Crippen molar-refractivity contribution in [2.75, 3.05) is 5.32 Å². The number of nitrogens with zero attached hydrogens (tertiary/aromatic N) is 3. The molecule has 0 aliphatic heterocycles. The standard InChI is InChI=1S/C19H14N4O3/c24-16-7-6-12(10-17(16)25)18(26)21-14-5-2-1-4-13(14)15-11-23-9-3-8-20-19(23)22-15/h1-11,24-25H,(H,21,26). The number of aromatic hydroxyl groups is 2. The molecule has 0 aliphatic carbocycles. The Bertz CT molecular complexity index is 1090. The number of nitrogens with one attached hydrogen (secondary N) is 1. The maximum absolute atomic E-state index is 12.5. The van der Waals surface area contributed by atoms with Crippen LogP contribution in [0.1, 0.15) is 10.4 Å². The van der Waals surface area contributed by atoms with Crippen molar-refractivity contribution < 1.29 is 15.0 Å². The van der Waals surface area contributed by atoms with Gasteiger partial charge >= 0.3 is 0 Å². The van der Waals surface area contributed by atoms with Gasteiger partial charge in [0.2, 0.25) is 5.78 Å². The van der Waals surface area contributed by atoms with Crippen LogP contribution in [0.5, 0.6) is 11.5 Å². The van der Waals surface area contributed by atoms with Crippen LogP contribution in [0, 0.1) is 0 Å². The fraction of sp³-hybridized carbons (Fsp3) is 0. The van der Waals surface area contributed by atoms with E-state index in [1.807, 2.05) is 30.6 Å². The number of para-hydroxylation sites is 1. The van der Waals surface area contributed by atoms with Crippen molar-refractivity contribution in [2.24, 2.45) is 0 Å². The van der Waals surface area contributed by atoms with Gasteiger partial charge in [-0.2, -0.15) is 0 Å². The summed E-state index contributed by atoms with van der Waals surface area (Å²) < 4.78 is 1.80. The van der Waals surface area contributed by atoms with Gasteiger partial charge in [-0.05, 0) is 30.3 Å². The lowest BCUT2D eigenvalue weighted by Crippen LogP contribution is -2.12. The molecule has 128 valence electrons. The van der Waals surface area contributed by atoms with E-state index in [9.17, 15) is 15.0 Å². The number of phenolic OH excluding ortho intramolecular Hbond substituents is 2. The first kappa shape index (κ1) is 15.6. The predicted molar refractivity (Wildman–Crippen MR) is 96.1 cm³/mol. The van der Waals surface area contributed by atoms with Gasteiger partial charge in [-0.1, -0.05) is 18.2 Å². The average molecular weight is 346 g/mol. The van der Waals surface area contributed by atoms with Crippen molar-refractivity contribution >= 4 is 17.4 Å². The molecule has 0 saturated heterocycles. The normalized spacial score (nSPS) is 10.8. The first-order valence-corrected chi connectivity index (χ1v) is 7.84. The second kappa shape index (κ2) is 6.21. The Morgan fingerprint density at radius 1 is 1.04 bits per heavy atom. The number of carbonyl (C=O) groups excluding carboxylic acids is 1. The molecule has 7 heteroatoms. The van der Waals surface area contributed by atoms with Crippen LogP contribution in [0.3, 0.4) is 0 Å². The molecule has 0 fully saturated rings. The van der Waals surface area contributed by atoms with Gasteiger partial charge < -0.3 is 15.5 Å². The van der Waals surface area contributed by atoms with Crippen LogP contribution in [-0.4, -0.2) is 30.5 Å². The molecule has 26 heavy (non-hydrogen) atoms. The lowest BCUT2D eigenvalue weighted by Gasteiger charge is -2.10. The summed E-state index contributed by atoms with van der Waals surface area (Å²) in [5, 5.41) is 21.8. The molecular weight excluding hydrogens is 332 g/mol. The molecule has 2 aromatic heterocycles. The second-order valence-electron chi connectivity index (χ2n) is 5.66. The van der Waals surface area contributed by atoms with Gasteiger partial charge in [0.15, 0.2) is 11.5 Å². The third kappa shape index (κ3) is 2.82. The number of rotatable bonds is 3. The summed E-state index contributed by atoms with van der Waals surface area (Å²) in [5.41, 5.74) is 2.22. The van der Waals surface area contributed by atoms with E-state index >= 15 is 0 Å². The van der Waals surface area contributed by atoms with Crippen molar-refractivity contribution in [3.63, 3.8) is 0 Å². The van der Waals surface area contributed by atoms with Crippen LogP contribution >= 0.6 is 0 Å². The molecule has 0 aliphatic rings. The number of benzene rings is 2. The van der Waals surface area contributed by atoms with Crippen molar-refractivity contribution in [2.45, 2.75) is 0 Å². The summed E-state index contributed by atoms with van der Waals surface area (Å²) in [6.45, 7) is 0. The molecule has 4 rings (SSSR count). The van der Waals surface area contributed by atoms with E-state index in [-0.39, 0.29) is 17.1 Å². The number of amides is 1. The van der Waals surface area contributed by atoms with E-state index in [4.69, 9.17) is 0 Å². The molecule has 0 bridgehead atoms. The summed E-state index contributed by atoms with van der Waals surface area (Å²) in [7, 11) is 0. The SMILES string of the molecule is O=C(Nc1ccccc1-c1cn2cccnc2n1)c1ccc(O)c(O)c1. The molecule has 1 amide bonds. The number of fused-ring (bicyclic) bond motifs is 1. The van der Waals surface area contributed by atoms with Crippen LogP contribution in [0.25, 0.3) is 17.0 Å². The molecule has 3 N–H and O–H groups in total. The lowest BCUT2D eigenvalue weighted by molar-refractivity contribution is 0.102. The molecule has 7 nitrogen and oxygen atoms in total. The third-order valence-corrected chi connectivity index (χ3v) is 3.92. The fourth-order valence-corrected chi connectivity index (χ4v) is 2.63. The number of aromatic nitrogens is 3. The molecular formula is C19H14N4O3. The number of phenols is 2. The van der Waals surface area contributed by atoms with Crippen LogP contribution in [0.4, 0.5) is 5.69 Å². The van der Waals surface area contributed by atoms with Gasteiger partial charge in [-0.15, -0.1) is 0 Å². The Hall–Kier alpha value is -3.87. The smallest absolute Gasteiger partial charge is 0.255 e. The highest BCUT2D eigenvalue weighted by Gasteiger charge is 2.14. The molecule has 0 radical (unpaired) electrons. The highest BCUT2D eigenvalue weighted by Crippen LogP contribution is 2.29. The summed E-state index contributed by atoms with van der Waals surface area (Å²) in [5.74, 6) is -0.474. The zero-order chi connectivity index (χ0) is 18.1. The number of imidazole rings is 1. The summed E-state index contributed by atoms with van der Waals surface area (Å²) in [6, 6.07) is 13.0. The summed E-state index contributed by atoms with van der Waals surface area (Å²) in [6.07, 6.45) is 5.34. The predicted octanol–water partition coefficient (Wildman–Crippen LogP) is 3.06. The van der Waals surface area contributed by atoms with Crippen molar-refractivity contribution in [1.82, 2.24) is 14.4 Å². The Morgan fingerprint density at radius 2 is 1.88 bits per heavy atom. The van der Waals surface area contributed by atoms with E-state index in [1.165, 1.54) is 18.2 Å². The first-order chi connectivity index (χ1) is 12.6. The van der Waals surface area contributed by atoms with Gasteiger partial charge in [0.1, 0.15) is 0 Å². The molecule has 0 spiro atoms. The van der Waals surface area contributed by atoms with Crippen molar-refractivity contribution in [3.8, 4) is 22.8 Å². The van der Waals surface area contributed by atoms with Crippen molar-refractivity contribution in [1.29, 1.82) is 0 Å². The van der Waals surface area contributed by atoms with Crippen LogP contribution in [-0.2, 0) is 0 Å². The maximum atomic E-state index is 12.5. The summed E-state index contributed by atoms with van der Waals surface area (Å²) in [4.78, 5) is 21.2. The Balaban J connectivity index is 1.69.